The Morgan fingerprint density at radius 3 is 1.90 bits per heavy atom. The Kier molecular flexibility index (Phi) is 6.62. The van der Waals surface area contributed by atoms with E-state index in [1.807, 2.05) is 47.6 Å². The molecule has 0 saturated carbocycles. The molecule has 0 fully saturated rings. The number of fused-ring (bicyclic) bond motifs is 1. The number of benzene rings is 6. The molecule has 4 heteroatoms. The minimum Gasteiger partial charge on any atom is -0.507 e. The van der Waals surface area contributed by atoms with E-state index in [-0.39, 0.29) is 62.3 Å². The molecule has 0 spiro atoms. The van der Waals surface area contributed by atoms with Gasteiger partial charge in [0.2, 0.25) is 0 Å². The molecule has 1 N–H and O–H groups in total. The van der Waals surface area contributed by atoms with Crippen molar-refractivity contribution < 1.29 is 39.4 Å². The van der Waals surface area contributed by atoms with E-state index in [0.29, 0.717) is 27.8 Å². The van der Waals surface area contributed by atoms with Gasteiger partial charge in [0.1, 0.15) is 11.6 Å². The molecule has 0 aliphatic heterocycles. The lowest BCUT2D eigenvalue weighted by Gasteiger charge is -2.28. The van der Waals surface area contributed by atoms with Gasteiger partial charge >= 0.3 is 0 Å². The van der Waals surface area contributed by atoms with Gasteiger partial charge in [-0.2, -0.15) is 0 Å². The molecule has 2 heterocycles. The van der Waals surface area contributed by atoms with E-state index in [2.05, 4.69) is 4.98 Å². The lowest BCUT2D eigenvalue weighted by atomic mass is 9.79. The molecule has 0 radical (unpaired) electrons. The third-order valence-corrected chi connectivity index (χ3v) is 11.9. The molecule has 6 aromatic carbocycles. The van der Waals surface area contributed by atoms with Gasteiger partial charge in [-0.15, -0.1) is 0 Å². The van der Waals surface area contributed by atoms with E-state index >= 15 is 0 Å². The van der Waals surface area contributed by atoms with Gasteiger partial charge in [-0.1, -0.05) is 188 Å². The molecule has 350 valence electrons. The summed E-state index contributed by atoms with van der Waals surface area (Å²) < 4.78 is 224. The molecule has 68 heavy (non-hydrogen) atoms. The van der Waals surface area contributed by atoms with Crippen LogP contribution in [0.3, 0.4) is 0 Å². The summed E-state index contributed by atoms with van der Waals surface area (Å²) in [5.41, 5.74) is -11.2. The number of aryl methyl sites for hydroxylation is 1. The summed E-state index contributed by atoms with van der Waals surface area (Å²) in [5.74, 6) is -2.28. The zero-order valence-corrected chi connectivity index (χ0v) is 39.8. The third-order valence-electron chi connectivity index (χ3n) is 11.9. The van der Waals surface area contributed by atoms with Crippen molar-refractivity contribution in [2.24, 2.45) is 5.41 Å². The molecular weight excluding hydrogens is 827 g/mol. The number of nitrogens with zero attached hydrogens (tertiary/aromatic N) is 3. The van der Waals surface area contributed by atoms with Gasteiger partial charge in [-0.3, -0.25) is 9.55 Å². The van der Waals surface area contributed by atoms with Crippen molar-refractivity contribution in [1.29, 1.82) is 0 Å². The number of hydrogen-bond donors (Lipinski definition) is 1. The smallest absolute Gasteiger partial charge is 0.149 e. The van der Waals surface area contributed by atoms with Crippen LogP contribution in [0, 0.1) is 12.3 Å². The van der Waals surface area contributed by atoms with Crippen molar-refractivity contribution in [2.45, 2.75) is 138 Å². The second kappa shape index (κ2) is 17.4. The molecule has 8 rings (SSSR count). The van der Waals surface area contributed by atoms with Crippen molar-refractivity contribution >= 4 is 11.0 Å². The van der Waals surface area contributed by atoms with E-state index in [4.69, 9.17) is 36.5 Å². The van der Waals surface area contributed by atoms with Crippen LogP contribution >= 0.6 is 0 Å². The van der Waals surface area contributed by atoms with Gasteiger partial charge in [0.15, 0.2) is 0 Å². The van der Waals surface area contributed by atoms with Crippen LogP contribution in [0.15, 0.2) is 134 Å². The molecule has 8 aromatic rings. The fraction of sp³-hybridized carbons (Fsp3) is 0.344. The summed E-state index contributed by atoms with van der Waals surface area (Å²) in [6, 6.07) is 28.6. The van der Waals surface area contributed by atoms with Crippen molar-refractivity contribution in [2.75, 3.05) is 0 Å². The van der Waals surface area contributed by atoms with E-state index < -0.39 is 116 Å². The summed E-state index contributed by atoms with van der Waals surface area (Å²) >= 11 is 0. The maximum Gasteiger partial charge on any atom is 0.149 e. The lowest BCUT2D eigenvalue weighted by molar-refractivity contribution is 0.411. The average Bonchev–Trinajstić information content (AvgIpc) is 1.18. The first-order chi connectivity index (χ1) is 42.0. The van der Waals surface area contributed by atoms with Crippen LogP contribution in [0.2, 0.25) is 0 Å². The van der Waals surface area contributed by atoms with Crippen molar-refractivity contribution in [3.8, 4) is 67.5 Å². The van der Waals surface area contributed by atoms with Crippen LogP contribution in [-0.2, 0) is 28.0 Å². The number of hydrogen-bond acceptors (Lipinski definition) is 3. The first-order valence-corrected chi connectivity index (χ1v) is 22.4. The highest BCUT2D eigenvalue weighted by molar-refractivity contribution is 5.98. The molecule has 0 saturated heterocycles. The predicted octanol–water partition coefficient (Wildman–Crippen LogP) is 17.5. The normalized spacial score (nSPS) is 19.8. The van der Waals surface area contributed by atoms with Gasteiger partial charge in [-0.25, -0.2) is 4.98 Å². The minimum absolute atomic E-state index is 0.00522. The number of para-hydroxylation sites is 1. The SMILES string of the molecule is [2H]c1c(-c2cc(-c3cccc4c3nc(-c3c([2H])c(C(C([2H])([2H])[2H])(C([2H])([2H])[2H])C([2H])([2H])[2H])cc(C(C([2H])([2H])[2H])(C([2H])([2H])[2H])C([2H])([2H])[2H])c3O)n4-c3ccc(C(C)(C)C)cc3-c3ccccc3)cc(C(C)(C)C)c2)ncc(C([2H])([2H])[2H])c1-c1ccc(C([2H])([2H])C(C)(C)C)cc1. The molecule has 0 unspecified atom stereocenters. The standard InChI is InChI=1S/C64H73N3O/c1-40-39-65-54(37-50(40)43-27-25-41(26-28-43)38-60(2,3)4)45-31-44(32-47(33-45)62(8,9)10)49-23-20-24-56-57(49)66-59(52-35-48(63(11,12)13)36-53(58(52)68)64(14,15)16)67(56)55-30-29-46(61(5,6)7)34-51(55)42-21-18-17-19-22-42/h17-37,39,68H,38H2,1-16H3/i1D3,11D3,12D3,13D3,14D3,15D3,16D3,35D,37D,38D2. The highest BCUT2D eigenvalue weighted by Gasteiger charge is 2.30. The van der Waals surface area contributed by atoms with Gasteiger partial charge in [0, 0.05) is 60.0 Å². The molecule has 0 bridgehead atoms. The van der Waals surface area contributed by atoms with Crippen LogP contribution in [-0.4, -0.2) is 19.6 Å². The molecule has 0 aliphatic rings. The van der Waals surface area contributed by atoms with Crippen molar-refractivity contribution in [1.82, 2.24) is 14.5 Å². The zero-order valence-electron chi connectivity index (χ0n) is 64.8. The van der Waals surface area contributed by atoms with Crippen molar-refractivity contribution in [3.63, 3.8) is 0 Å². The maximum atomic E-state index is 13.2. The van der Waals surface area contributed by atoms with Gasteiger partial charge in [0.05, 0.1) is 30.7 Å². The third kappa shape index (κ3) is 9.84. The minimum atomic E-state index is -4.30. The number of rotatable bonds is 7. The molecule has 2 aromatic heterocycles. The number of imidazole rings is 1. The van der Waals surface area contributed by atoms with Gasteiger partial charge < -0.3 is 5.11 Å². The van der Waals surface area contributed by atoms with Crippen LogP contribution in [0.5, 0.6) is 5.75 Å². The fourth-order valence-electron chi connectivity index (χ4n) is 8.31. The quantitative estimate of drug-likeness (QED) is 0.173. The Balaban J connectivity index is 1.62. The zero-order chi connectivity index (χ0) is 70.3. The summed E-state index contributed by atoms with van der Waals surface area (Å²) in [6.07, 6.45) is -0.653. The number of phenolic OH excluding ortho intramolecular Hbond substituents is 1. The summed E-state index contributed by atoms with van der Waals surface area (Å²) in [5, 5.41) is 13.2. The lowest BCUT2D eigenvalue weighted by Crippen LogP contribution is -2.17. The predicted molar refractivity (Wildman–Crippen MR) is 290 cm³/mol. The van der Waals surface area contributed by atoms with E-state index in [1.54, 1.807) is 124 Å². The molecule has 0 atom stereocenters. The Labute approximate surface area is 442 Å². The van der Waals surface area contributed by atoms with Crippen molar-refractivity contribution in [3.05, 3.63) is 167 Å². The number of pyridine rings is 1. The van der Waals surface area contributed by atoms with E-state index in [9.17, 15) is 7.85 Å². The monoisotopic (exact) mass is 925 g/mol. The number of aromatic nitrogens is 3. The summed E-state index contributed by atoms with van der Waals surface area (Å²) in [7, 11) is 0. The van der Waals surface area contributed by atoms with Crippen LogP contribution in [0.4, 0.5) is 0 Å². The maximum absolute atomic E-state index is 13.2. The van der Waals surface area contributed by atoms with Crippen LogP contribution in [0.1, 0.15) is 171 Å². The molecular formula is C64H73N3O. The first-order valence-electron chi connectivity index (χ1n) is 34.9. The van der Waals surface area contributed by atoms with Gasteiger partial charge in [0.25, 0.3) is 0 Å². The summed E-state index contributed by atoms with van der Waals surface area (Å²) in [4.78, 5) is 9.76. The Bertz CT molecular complexity index is 4010. The first kappa shape index (κ1) is 25.9. The molecule has 0 aliphatic carbocycles. The highest BCUT2D eigenvalue weighted by Crippen LogP contribution is 2.46. The molecule has 0 amide bonds. The summed E-state index contributed by atoms with van der Waals surface area (Å²) in [6.45, 7) is -11.5. The fourth-order valence-corrected chi connectivity index (χ4v) is 8.31. The average molecular weight is 925 g/mol. The topological polar surface area (TPSA) is 50.9 Å². The Hall–Kier alpha value is -6.26. The van der Waals surface area contributed by atoms with Crippen LogP contribution < -0.4 is 0 Å². The van der Waals surface area contributed by atoms with Gasteiger partial charge in [-0.05, 0) is 133 Å². The Morgan fingerprint density at radius 1 is 0.574 bits per heavy atom. The van der Waals surface area contributed by atoms with Crippen LogP contribution in [0.25, 0.3) is 72.7 Å². The second-order valence-electron chi connectivity index (χ2n) is 20.6. The number of phenols is 1. The highest BCUT2D eigenvalue weighted by atomic mass is 16.3. The Morgan fingerprint density at radius 2 is 1.25 bits per heavy atom. The second-order valence-corrected chi connectivity index (χ2v) is 20.6. The van der Waals surface area contributed by atoms with E-state index in [0.717, 1.165) is 11.8 Å². The van der Waals surface area contributed by atoms with E-state index in [1.165, 1.54) is 4.57 Å². The number of aromatic hydroxyl groups is 1. The largest absolute Gasteiger partial charge is 0.507 e. The molecule has 4 nitrogen and oxygen atoms in total.